The van der Waals surface area contributed by atoms with Crippen molar-refractivity contribution in [1.29, 1.82) is 0 Å². The molecular formula is C26H31N5OS. The third kappa shape index (κ3) is 5.60. The molecule has 1 unspecified atom stereocenters. The molecule has 2 saturated heterocycles. The van der Waals surface area contributed by atoms with E-state index in [0.29, 0.717) is 11.6 Å². The minimum atomic E-state index is 0.0928. The zero-order valence-electron chi connectivity index (χ0n) is 19.0. The van der Waals surface area contributed by atoms with Gasteiger partial charge in [-0.25, -0.2) is 9.97 Å². The number of hydrogen-bond donors (Lipinski definition) is 0. The van der Waals surface area contributed by atoms with Gasteiger partial charge in [-0.1, -0.05) is 36.4 Å². The van der Waals surface area contributed by atoms with Crippen LogP contribution >= 0.6 is 11.3 Å². The fourth-order valence-corrected chi connectivity index (χ4v) is 5.69. The molecule has 2 aliphatic heterocycles. The van der Waals surface area contributed by atoms with Gasteiger partial charge in [0.1, 0.15) is 11.5 Å². The molecule has 5 rings (SSSR count). The van der Waals surface area contributed by atoms with Gasteiger partial charge < -0.3 is 9.80 Å². The molecule has 172 valence electrons. The first kappa shape index (κ1) is 22.0. The fraction of sp³-hybridized carbons (Fsp3) is 0.423. The highest BCUT2D eigenvalue weighted by molar-refractivity contribution is 7.09. The second-order valence-electron chi connectivity index (χ2n) is 9.02. The maximum Gasteiger partial charge on any atom is 0.273 e. The summed E-state index contributed by atoms with van der Waals surface area (Å²) < 4.78 is 0. The van der Waals surface area contributed by atoms with E-state index in [4.69, 9.17) is 0 Å². The largest absolute Gasteiger partial charge is 0.354 e. The summed E-state index contributed by atoms with van der Waals surface area (Å²) in [6, 6.07) is 16.4. The molecular weight excluding hydrogens is 430 g/mol. The Labute approximate surface area is 199 Å². The van der Waals surface area contributed by atoms with Crippen LogP contribution in [0.4, 0.5) is 5.82 Å². The summed E-state index contributed by atoms with van der Waals surface area (Å²) in [7, 11) is 0. The van der Waals surface area contributed by atoms with Gasteiger partial charge in [0.05, 0.1) is 5.01 Å². The second kappa shape index (κ2) is 10.4. The van der Waals surface area contributed by atoms with Crippen LogP contribution < -0.4 is 4.90 Å². The van der Waals surface area contributed by atoms with Crippen molar-refractivity contribution >= 4 is 23.1 Å². The topological polar surface area (TPSA) is 52.6 Å². The SMILES string of the molecule is O=C(c1csc(Cc2ccccc2)n1)N1CCCC(CN2CCN(c3ccccn3)CC2)C1. The first-order chi connectivity index (χ1) is 16.2. The van der Waals surface area contributed by atoms with Crippen molar-refractivity contribution < 1.29 is 4.79 Å². The zero-order chi connectivity index (χ0) is 22.5. The lowest BCUT2D eigenvalue weighted by molar-refractivity contribution is 0.0632. The number of carbonyl (C=O) groups excluding carboxylic acids is 1. The molecule has 2 aromatic heterocycles. The Morgan fingerprint density at radius 3 is 2.61 bits per heavy atom. The van der Waals surface area contributed by atoms with Crippen molar-refractivity contribution in [2.45, 2.75) is 19.3 Å². The minimum Gasteiger partial charge on any atom is -0.354 e. The first-order valence-electron chi connectivity index (χ1n) is 11.9. The number of hydrogen-bond acceptors (Lipinski definition) is 6. The predicted molar refractivity (Wildman–Crippen MR) is 133 cm³/mol. The summed E-state index contributed by atoms with van der Waals surface area (Å²) in [4.78, 5) is 29.2. The normalized spacial score (nSPS) is 19.6. The summed E-state index contributed by atoms with van der Waals surface area (Å²) >= 11 is 1.59. The monoisotopic (exact) mass is 461 g/mol. The lowest BCUT2D eigenvalue weighted by atomic mass is 9.97. The molecule has 7 heteroatoms. The van der Waals surface area contributed by atoms with Gasteiger partial charge in [0.2, 0.25) is 0 Å². The molecule has 2 fully saturated rings. The number of benzene rings is 1. The molecule has 4 heterocycles. The molecule has 2 aliphatic rings. The van der Waals surface area contributed by atoms with Crippen molar-refractivity contribution in [1.82, 2.24) is 19.8 Å². The molecule has 0 radical (unpaired) electrons. The predicted octanol–water partition coefficient (Wildman–Crippen LogP) is 3.80. The van der Waals surface area contributed by atoms with Gasteiger partial charge in [-0.2, -0.15) is 0 Å². The lowest BCUT2D eigenvalue weighted by Crippen LogP contribution is -2.50. The Balaban J connectivity index is 1.12. The Morgan fingerprint density at radius 2 is 1.82 bits per heavy atom. The summed E-state index contributed by atoms with van der Waals surface area (Å²) in [5.74, 6) is 1.70. The number of anilines is 1. The molecule has 6 nitrogen and oxygen atoms in total. The highest BCUT2D eigenvalue weighted by atomic mass is 32.1. The average Bonchev–Trinajstić information content (AvgIpc) is 3.34. The number of likely N-dealkylation sites (tertiary alicyclic amines) is 1. The van der Waals surface area contributed by atoms with Gasteiger partial charge in [-0.05, 0) is 36.5 Å². The highest BCUT2D eigenvalue weighted by Crippen LogP contribution is 2.22. The molecule has 1 amide bonds. The number of nitrogens with zero attached hydrogens (tertiary/aromatic N) is 5. The number of piperazine rings is 1. The third-order valence-corrected chi connectivity index (χ3v) is 7.49. The lowest BCUT2D eigenvalue weighted by Gasteiger charge is -2.39. The highest BCUT2D eigenvalue weighted by Gasteiger charge is 2.28. The Kier molecular flexibility index (Phi) is 6.98. The molecule has 1 atom stereocenters. The van der Waals surface area contributed by atoms with E-state index in [1.807, 2.05) is 40.7 Å². The summed E-state index contributed by atoms with van der Waals surface area (Å²) in [5, 5.41) is 2.94. The van der Waals surface area contributed by atoms with Crippen LogP contribution in [0.15, 0.2) is 60.1 Å². The van der Waals surface area contributed by atoms with Crippen LogP contribution in [-0.4, -0.2) is 71.5 Å². The molecule has 3 aromatic rings. The molecule has 0 spiro atoms. The van der Waals surface area contributed by atoms with Crippen LogP contribution in [0.2, 0.25) is 0 Å². The van der Waals surface area contributed by atoms with Crippen LogP contribution in [0.1, 0.15) is 33.9 Å². The number of aromatic nitrogens is 2. The van der Waals surface area contributed by atoms with Crippen LogP contribution in [0.25, 0.3) is 0 Å². The number of amides is 1. The first-order valence-corrected chi connectivity index (χ1v) is 12.8. The standard InChI is InChI=1S/C26H31N5OS/c32-26(23-20-33-25(28-23)17-21-7-2-1-3-8-21)31-12-6-9-22(19-31)18-29-13-15-30(16-14-29)24-10-4-5-11-27-24/h1-5,7-8,10-11,20,22H,6,9,12-19H2. The quantitative estimate of drug-likeness (QED) is 0.559. The van der Waals surface area contributed by atoms with Crippen molar-refractivity contribution in [3.63, 3.8) is 0 Å². The van der Waals surface area contributed by atoms with Crippen LogP contribution in [-0.2, 0) is 6.42 Å². The van der Waals surface area contributed by atoms with Gasteiger partial charge in [0, 0.05) is 63.8 Å². The smallest absolute Gasteiger partial charge is 0.273 e. The molecule has 0 saturated carbocycles. The molecule has 1 aromatic carbocycles. The number of rotatable bonds is 6. The van der Waals surface area contributed by atoms with E-state index in [2.05, 4.69) is 44.0 Å². The average molecular weight is 462 g/mol. The second-order valence-corrected chi connectivity index (χ2v) is 9.97. The van der Waals surface area contributed by atoms with E-state index < -0.39 is 0 Å². The molecule has 0 aliphatic carbocycles. The Hall–Kier alpha value is -2.77. The van der Waals surface area contributed by atoms with Crippen LogP contribution in [0.5, 0.6) is 0 Å². The fourth-order valence-electron chi connectivity index (χ4n) is 4.89. The van der Waals surface area contributed by atoms with E-state index in [-0.39, 0.29) is 5.91 Å². The van der Waals surface area contributed by atoms with Crippen molar-refractivity contribution in [3.05, 3.63) is 76.4 Å². The van der Waals surface area contributed by atoms with E-state index in [0.717, 1.165) is 69.5 Å². The van der Waals surface area contributed by atoms with Gasteiger partial charge in [0.25, 0.3) is 5.91 Å². The van der Waals surface area contributed by atoms with E-state index in [1.54, 1.807) is 11.3 Å². The Morgan fingerprint density at radius 1 is 1.00 bits per heavy atom. The van der Waals surface area contributed by atoms with Crippen molar-refractivity contribution in [2.75, 3.05) is 50.7 Å². The molecule has 33 heavy (non-hydrogen) atoms. The third-order valence-electron chi connectivity index (χ3n) is 6.64. The minimum absolute atomic E-state index is 0.0928. The Bertz CT molecular complexity index is 1030. The van der Waals surface area contributed by atoms with Crippen molar-refractivity contribution in [2.24, 2.45) is 5.92 Å². The summed E-state index contributed by atoms with van der Waals surface area (Å²) in [6.45, 7) is 6.87. The van der Waals surface area contributed by atoms with Gasteiger partial charge in [-0.15, -0.1) is 11.3 Å². The molecule has 0 N–H and O–H groups in total. The maximum absolute atomic E-state index is 13.1. The summed E-state index contributed by atoms with van der Waals surface area (Å²) in [6.07, 6.45) is 4.92. The summed E-state index contributed by atoms with van der Waals surface area (Å²) in [5.41, 5.74) is 1.84. The van der Waals surface area contributed by atoms with E-state index >= 15 is 0 Å². The maximum atomic E-state index is 13.1. The van der Waals surface area contributed by atoms with Gasteiger partial charge in [-0.3, -0.25) is 9.69 Å². The zero-order valence-corrected chi connectivity index (χ0v) is 19.8. The van der Waals surface area contributed by atoms with Gasteiger partial charge in [0.15, 0.2) is 0 Å². The number of thiazole rings is 1. The van der Waals surface area contributed by atoms with Crippen LogP contribution in [0, 0.1) is 5.92 Å². The number of pyridine rings is 1. The molecule has 0 bridgehead atoms. The van der Waals surface area contributed by atoms with Crippen LogP contribution in [0.3, 0.4) is 0 Å². The van der Waals surface area contributed by atoms with Gasteiger partial charge >= 0.3 is 0 Å². The number of piperidine rings is 1. The van der Waals surface area contributed by atoms with E-state index in [1.165, 1.54) is 12.0 Å². The number of carbonyl (C=O) groups is 1. The van der Waals surface area contributed by atoms with Crippen molar-refractivity contribution in [3.8, 4) is 0 Å². The van der Waals surface area contributed by atoms with E-state index in [9.17, 15) is 4.79 Å².